The van der Waals surface area contributed by atoms with E-state index in [-0.39, 0.29) is 18.1 Å². The standard InChI is InChI=1S/C16H11FN4OS/c17-10-2-1-3-11(7-10)19-16-18-8-9-6-13(22)20-12-4-5-23-15(12)14(9)21-16/h1-5,7-8H,6H2,(H,20,22)(H,18,19,21). The van der Waals surface area contributed by atoms with E-state index >= 15 is 0 Å². The maximum Gasteiger partial charge on any atom is 0.228 e. The third kappa shape index (κ3) is 2.66. The number of carbonyl (C=O) groups excluding carboxylic acids is 1. The minimum Gasteiger partial charge on any atom is -0.324 e. The lowest BCUT2D eigenvalue weighted by Gasteiger charge is -2.08. The van der Waals surface area contributed by atoms with Crippen LogP contribution in [0.5, 0.6) is 0 Å². The van der Waals surface area contributed by atoms with Crippen LogP contribution in [0.1, 0.15) is 5.56 Å². The van der Waals surface area contributed by atoms with Crippen LogP contribution in [-0.2, 0) is 11.2 Å². The number of nitrogens with zero attached hydrogens (tertiary/aromatic N) is 2. The lowest BCUT2D eigenvalue weighted by molar-refractivity contribution is -0.115. The molecule has 1 amide bonds. The first-order valence-electron chi connectivity index (χ1n) is 6.95. The average molecular weight is 326 g/mol. The molecule has 23 heavy (non-hydrogen) atoms. The SMILES string of the molecule is O=C1Cc2cnc(Nc3cccc(F)c3)nc2-c2sccc2N1. The van der Waals surface area contributed by atoms with Gasteiger partial charge in [0.05, 0.1) is 22.7 Å². The van der Waals surface area contributed by atoms with E-state index in [9.17, 15) is 9.18 Å². The van der Waals surface area contributed by atoms with Crippen LogP contribution < -0.4 is 10.6 Å². The first kappa shape index (κ1) is 13.8. The summed E-state index contributed by atoms with van der Waals surface area (Å²) in [5, 5.41) is 7.75. The van der Waals surface area contributed by atoms with Gasteiger partial charge in [-0.05, 0) is 29.6 Å². The van der Waals surface area contributed by atoms with Crippen molar-refractivity contribution < 1.29 is 9.18 Å². The van der Waals surface area contributed by atoms with Gasteiger partial charge in [-0.3, -0.25) is 4.79 Å². The van der Waals surface area contributed by atoms with Gasteiger partial charge in [0, 0.05) is 17.4 Å². The van der Waals surface area contributed by atoms with Crippen molar-refractivity contribution in [1.82, 2.24) is 9.97 Å². The number of rotatable bonds is 2. The van der Waals surface area contributed by atoms with Gasteiger partial charge in [0.2, 0.25) is 11.9 Å². The average Bonchev–Trinajstić information content (AvgIpc) is 2.92. The number of hydrogen-bond donors (Lipinski definition) is 2. The van der Waals surface area contributed by atoms with Crippen molar-refractivity contribution >= 4 is 34.6 Å². The van der Waals surface area contributed by atoms with E-state index in [0.717, 1.165) is 21.8 Å². The van der Waals surface area contributed by atoms with Crippen molar-refractivity contribution in [2.75, 3.05) is 10.6 Å². The maximum absolute atomic E-state index is 13.3. The predicted molar refractivity (Wildman–Crippen MR) is 87.4 cm³/mol. The molecule has 2 N–H and O–H groups in total. The zero-order chi connectivity index (χ0) is 15.8. The summed E-state index contributed by atoms with van der Waals surface area (Å²) in [5.41, 5.74) is 2.82. The van der Waals surface area contributed by atoms with Crippen molar-refractivity contribution in [3.63, 3.8) is 0 Å². The minimum atomic E-state index is -0.333. The van der Waals surface area contributed by atoms with Crippen molar-refractivity contribution in [3.8, 4) is 10.6 Å². The van der Waals surface area contributed by atoms with Crippen LogP contribution in [0.2, 0.25) is 0 Å². The molecule has 0 saturated heterocycles. The van der Waals surface area contributed by atoms with Crippen molar-refractivity contribution in [1.29, 1.82) is 0 Å². The highest BCUT2D eigenvalue weighted by Crippen LogP contribution is 2.37. The van der Waals surface area contributed by atoms with Crippen LogP contribution in [0.15, 0.2) is 41.9 Å². The number of hydrogen-bond acceptors (Lipinski definition) is 5. The Morgan fingerprint density at radius 3 is 3.09 bits per heavy atom. The second kappa shape index (κ2) is 5.44. The fourth-order valence-corrected chi connectivity index (χ4v) is 3.32. The molecule has 0 atom stereocenters. The Hall–Kier alpha value is -2.80. The van der Waals surface area contributed by atoms with Gasteiger partial charge in [-0.1, -0.05) is 6.07 Å². The Labute approximate surface area is 135 Å². The van der Waals surface area contributed by atoms with E-state index in [2.05, 4.69) is 20.6 Å². The summed E-state index contributed by atoms with van der Waals surface area (Å²) in [6.07, 6.45) is 1.87. The van der Waals surface area contributed by atoms with Gasteiger partial charge >= 0.3 is 0 Å². The molecule has 4 rings (SSSR count). The third-order valence-corrected chi connectivity index (χ3v) is 4.37. The second-order valence-corrected chi connectivity index (χ2v) is 6.01. The molecule has 0 spiro atoms. The second-order valence-electron chi connectivity index (χ2n) is 5.09. The van der Waals surface area contributed by atoms with E-state index < -0.39 is 0 Å². The number of anilines is 3. The molecule has 1 aromatic carbocycles. The quantitative estimate of drug-likeness (QED) is 0.755. The van der Waals surface area contributed by atoms with Crippen molar-refractivity contribution in [3.05, 3.63) is 53.3 Å². The number of carbonyl (C=O) groups is 1. The summed E-state index contributed by atoms with van der Waals surface area (Å²) in [6.45, 7) is 0. The highest BCUT2D eigenvalue weighted by Gasteiger charge is 2.22. The molecule has 1 aliphatic heterocycles. The first-order chi connectivity index (χ1) is 11.2. The molecule has 0 fully saturated rings. The van der Waals surface area contributed by atoms with Crippen LogP contribution in [-0.4, -0.2) is 15.9 Å². The number of benzene rings is 1. The van der Waals surface area contributed by atoms with Gasteiger partial charge in [0.1, 0.15) is 5.82 Å². The first-order valence-corrected chi connectivity index (χ1v) is 7.83. The van der Waals surface area contributed by atoms with Crippen molar-refractivity contribution in [2.24, 2.45) is 0 Å². The summed E-state index contributed by atoms with van der Waals surface area (Å²) in [6, 6.07) is 7.95. The van der Waals surface area contributed by atoms with Gasteiger partial charge in [-0.15, -0.1) is 11.3 Å². The van der Waals surface area contributed by atoms with Crippen LogP contribution in [0.4, 0.5) is 21.7 Å². The molecule has 2 aromatic heterocycles. The van der Waals surface area contributed by atoms with E-state index in [1.165, 1.54) is 23.5 Å². The minimum absolute atomic E-state index is 0.0853. The van der Waals surface area contributed by atoms with E-state index in [1.807, 2.05) is 11.4 Å². The van der Waals surface area contributed by atoms with Gasteiger partial charge in [0.25, 0.3) is 0 Å². The van der Waals surface area contributed by atoms with Gasteiger partial charge in [-0.25, -0.2) is 14.4 Å². The fourth-order valence-electron chi connectivity index (χ4n) is 2.45. The topological polar surface area (TPSA) is 66.9 Å². The molecule has 0 bridgehead atoms. The monoisotopic (exact) mass is 326 g/mol. The number of thiophene rings is 1. The summed E-state index contributed by atoms with van der Waals surface area (Å²) in [5.74, 6) is -0.0546. The van der Waals surface area contributed by atoms with Crippen LogP contribution in [0.3, 0.4) is 0 Å². The molecule has 0 saturated carbocycles. The van der Waals surface area contributed by atoms with Crippen LogP contribution in [0.25, 0.3) is 10.6 Å². The lowest BCUT2D eigenvalue weighted by atomic mass is 10.1. The molecule has 7 heteroatoms. The van der Waals surface area contributed by atoms with Gasteiger partial charge in [0.15, 0.2) is 0 Å². The lowest BCUT2D eigenvalue weighted by Crippen LogP contribution is -2.12. The summed E-state index contributed by atoms with van der Waals surface area (Å²) < 4.78 is 13.3. The Kier molecular flexibility index (Phi) is 3.27. The van der Waals surface area contributed by atoms with Crippen LogP contribution >= 0.6 is 11.3 Å². The zero-order valence-corrected chi connectivity index (χ0v) is 12.7. The number of halogens is 1. The van der Waals surface area contributed by atoms with Crippen molar-refractivity contribution in [2.45, 2.75) is 6.42 Å². The van der Waals surface area contributed by atoms with Crippen LogP contribution in [0, 0.1) is 5.82 Å². The molecule has 0 unspecified atom stereocenters. The summed E-state index contributed by atoms with van der Waals surface area (Å²) in [7, 11) is 0. The summed E-state index contributed by atoms with van der Waals surface area (Å²) in [4.78, 5) is 21.5. The summed E-state index contributed by atoms with van der Waals surface area (Å²) >= 11 is 1.51. The Morgan fingerprint density at radius 2 is 2.22 bits per heavy atom. The molecule has 0 radical (unpaired) electrons. The van der Waals surface area contributed by atoms with Gasteiger partial charge < -0.3 is 10.6 Å². The molecule has 3 heterocycles. The third-order valence-electron chi connectivity index (χ3n) is 3.45. The largest absolute Gasteiger partial charge is 0.324 e. The Morgan fingerprint density at radius 1 is 1.30 bits per heavy atom. The van der Waals surface area contributed by atoms with E-state index in [4.69, 9.17) is 0 Å². The Balaban J connectivity index is 1.75. The molecular weight excluding hydrogens is 315 g/mol. The fraction of sp³-hybridized carbons (Fsp3) is 0.0625. The highest BCUT2D eigenvalue weighted by atomic mass is 32.1. The Bertz CT molecular complexity index is 909. The molecule has 0 aliphatic carbocycles. The predicted octanol–water partition coefficient (Wildman–Crippen LogP) is 3.58. The smallest absolute Gasteiger partial charge is 0.228 e. The van der Waals surface area contributed by atoms with Gasteiger partial charge in [-0.2, -0.15) is 0 Å². The zero-order valence-electron chi connectivity index (χ0n) is 11.8. The number of amides is 1. The van der Waals surface area contributed by atoms with E-state index in [0.29, 0.717) is 11.6 Å². The normalized spacial score (nSPS) is 12.8. The number of fused-ring (bicyclic) bond motifs is 3. The molecule has 1 aliphatic rings. The molecule has 3 aromatic rings. The molecule has 5 nitrogen and oxygen atoms in total. The molecule has 114 valence electrons. The number of nitrogens with one attached hydrogen (secondary N) is 2. The maximum atomic E-state index is 13.3. The van der Waals surface area contributed by atoms with E-state index in [1.54, 1.807) is 18.3 Å². The molecular formula is C16H11FN4OS. The number of aromatic nitrogens is 2. The highest BCUT2D eigenvalue weighted by molar-refractivity contribution is 7.14.